The van der Waals surface area contributed by atoms with E-state index in [0.717, 1.165) is 34.1 Å². The van der Waals surface area contributed by atoms with Gasteiger partial charge in [-0.2, -0.15) is 0 Å². The molecule has 0 bridgehead atoms. The number of carbonyl (C=O) groups excluding carboxylic acids is 2. The Hall–Kier alpha value is -3.40. The summed E-state index contributed by atoms with van der Waals surface area (Å²) in [5.74, 6) is 0.0331. The van der Waals surface area contributed by atoms with Gasteiger partial charge in [0.05, 0.1) is 7.11 Å². The Morgan fingerprint density at radius 2 is 1.64 bits per heavy atom. The Balaban J connectivity index is 1.58. The fourth-order valence-electron chi connectivity index (χ4n) is 2.83. The first-order valence-corrected chi connectivity index (χ1v) is 9.14. The van der Waals surface area contributed by atoms with Crippen LogP contribution in [0.25, 0.3) is 16.8 Å². The lowest BCUT2D eigenvalue weighted by molar-refractivity contribution is -0.136. The molecule has 142 valence electrons. The number of hydrogen-bond acceptors (Lipinski definition) is 4. The van der Waals surface area contributed by atoms with E-state index >= 15 is 0 Å². The van der Waals surface area contributed by atoms with E-state index in [0.29, 0.717) is 5.56 Å². The summed E-state index contributed by atoms with van der Waals surface area (Å²) in [6, 6.07) is 19.0. The minimum atomic E-state index is -0.548. The summed E-state index contributed by atoms with van der Waals surface area (Å²) in [6.07, 6.45) is 3.92. The van der Waals surface area contributed by atoms with Crippen LogP contribution < -0.4 is 4.74 Å². The van der Waals surface area contributed by atoms with Crippen LogP contribution in [0.1, 0.15) is 28.4 Å². The molecular weight excluding hydrogens is 352 g/mol. The van der Waals surface area contributed by atoms with Gasteiger partial charge in [-0.05, 0) is 52.6 Å². The number of carbonyl (C=O) groups is 2. The van der Waals surface area contributed by atoms with Crippen LogP contribution in [-0.4, -0.2) is 25.5 Å². The topological polar surface area (TPSA) is 52.6 Å². The van der Waals surface area contributed by atoms with Crippen molar-refractivity contribution in [2.75, 3.05) is 13.7 Å². The Labute approximate surface area is 164 Å². The van der Waals surface area contributed by atoms with Gasteiger partial charge in [0.15, 0.2) is 12.4 Å². The summed E-state index contributed by atoms with van der Waals surface area (Å²) in [7, 11) is 1.63. The standard InChI is InChI=1S/C24H22O4/c1-3-17-4-8-19(9-5-17)23(25)16-28-24(26)13-7-18-6-10-21-15-22(27-2)12-11-20(21)14-18/h4-15H,3,16H2,1-2H3/b13-7+. The summed E-state index contributed by atoms with van der Waals surface area (Å²) in [6.45, 7) is 1.78. The highest BCUT2D eigenvalue weighted by Gasteiger charge is 2.08. The van der Waals surface area contributed by atoms with Crippen molar-refractivity contribution in [3.8, 4) is 5.75 Å². The van der Waals surface area contributed by atoms with Gasteiger partial charge in [-0.15, -0.1) is 0 Å². The molecule has 3 rings (SSSR count). The van der Waals surface area contributed by atoms with E-state index in [-0.39, 0.29) is 12.4 Å². The second-order valence-corrected chi connectivity index (χ2v) is 6.39. The lowest BCUT2D eigenvalue weighted by atomic mass is 10.1. The molecule has 0 spiro atoms. The van der Waals surface area contributed by atoms with Gasteiger partial charge in [0, 0.05) is 11.6 Å². The van der Waals surface area contributed by atoms with E-state index in [1.165, 1.54) is 6.08 Å². The maximum absolute atomic E-state index is 12.1. The highest BCUT2D eigenvalue weighted by molar-refractivity contribution is 5.99. The third kappa shape index (κ3) is 4.86. The predicted molar refractivity (Wildman–Crippen MR) is 111 cm³/mol. The molecular formula is C24H22O4. The number of ether oxygens (including phenoxy) is 2. The van der Waals surface area contributed by atoms with E-state index in [1.54, 1.807) is 25.3 Å². The Morgan fingerprint density at radius 3 is 2.36 bits per heavy atom. The molecule has 0 aliphatic carbocycles. The number of Topliss-reactive ketones (excluding diaryl/α,β-unsaturated/α-hetero) is 1. The van der Waals surface area contributed by atoms with E-state index < -0.39 is 5.97 Å². The number of ketones is 1. The molecule has 4 heteroatoms. The van der Waals surface area contributed by atoms with Crippen molar-refractivity contribution in [1.29, 1.82) is 0 Å². The third-order valence-electron chi connectivity index (χ3n) is 4.51. The summed E-state index contributed by atoms with van der Waals surface area (Å²) >= 11 is 0. The molecule has 4 nitrogen and oxygen atoms in total. The smallest absolute Gasteiger partial charge is 0.331 e. The molecule has 0 fully saturated rings. The minimum Gasteiger partial charge on any atom is -0.497 e. The number of fused-ring (bicyclic) bond motifs is 1. The molecule has 0 radical (unpaired) electrons. The molecule has 0 aromatic heterocycles. The number of aryl methyl sites for hydroxylation is 1. The molecule has 28 heavy (non-hydrogen) atoms. The SMILES string of the molecule is CCc1ccc(C(=O)COC(=O)/C=C/c2ccc3cc(OC)ccc3c2)cc1. The molecule has 0 aliphatic heterocycles. The molecule has 0 amide bonds. The Bertz CT molecular complexity index is 1020. The largest absolute Gasteiger partial charge is 0.497 e. The Kier molecular flexibility index (Phi) is 6.22. The number of rotatable bonds is 7. The van der Waals surface area contributed by atoms with Crippen LogP contribution in [0, 0.1) is 0 Å². The molecule has 0 heterocycles. The minimum absolute atomic E-state index is 0.218. The summed E-state index contributed by atoms with van der Waals surface area (Å²) < 4.78 is 10.3. The molecule has 0 N–H and O–H groups in total. The second kappa shape index (κ2) is 9.00. The third-order valence-corrected chi connectivity index (χ3v) is 4.51. The molecule has 3 aromatic rings. The zero-order valence-electron chi connectivity index (χ0n) is 16.0. The van der Waals surface area contributed by atoms with Crippen molar-refractivity contribution in [2.45, 2.75) is 13.3 Å². The maximum atomic E-state index is 12.1. The van der Waals surface area contributed by atoms with Crippen LogP contribution in [0.2, 0.25) is 0 Å². The maximum Gasteiger partial charge on any atom is 0.331 e. The van der Waals surface area contributed by atoms with Crippen molar-refractivity contribution in [3.63, 3.8) is 0 Å². The zero-order chi connectivity index (χ0) is 19.9. The Morgan fingerprint density at radius 1 is 0.929 bits per heavy atom. The number of esters is 1. The van der Waals surface area contributed by atoms with Gasteiger partial charge < -0.3 is 9.47 Å². The first kappa shape index (κ1) is 19.4. The van der Waals surface area contributed by atoms with Gasteiger partial charge in [0.25, 0.3) is 0 Å². The monoisotopic (exact) mass is 374 g/mol. The van der Waals surface area contributed by atoms with Crippen molar-refractivity contribution >= 4 is 28.6 Å². The van der Waals surface area contributed by atoms with Crippen LogP contribution in [0.5, 0.6) is 5.75 Å². The number of benzene rings is 3. The number of methoxy groups -OCH3 is 1. The van der Waals surface area contributed by atoms with Gasteiger partial charge in [-0.1, -0.05) is 49.4 Å². The molecule has 3 aromatic carbocycles. The van der Waals surface area contributed by atoms with Gasteiger partial charge in [-0.25, -0.2) is 4.79 Å². The lowest BCUT2D eigenvalue weighted by Gasteiger charge is -2.04. The van der Waals surface area contributed by atoms with Gasteiger partial charge in [0.2, 0.25) is 0 Å². The van der Waals surface area contributed by atoms with Crippen molar-refractivity contribution in [3.05, 3.63) is 83.4 Å². The van der Waals surface area contributed by atoms with Crippen LogP contribution >= 0.6 is 0 Å². The average Bonchev–Trinajstić information content (AvgIpc) is 2.75. The second-order valence-electron chi connectivity index (χ2n) is 6.39. The molecule has 0 atom stereocenters. The predicted octanol–water partition coefficient (Wildman–Crippen LogP) is 4.85. The fraction of sp³-hybridized carbons (Fsp3) is 0.167. The van der Waals surface area contributed by atoms with Crippen LogP contribution in [0.3, 0.4) is 0 Å². The molecule has 0 saturated heterocycles. The highest BCUT2D eigenvalue weighted by atomic mass is 16.5. The molecule has 0 unspecified atom stereocenters. The fourth-order valence-corrected chi connectivity index (χ4v) is 2.83. The van der Waals surface area contributed by atoms with Crippen LogP contribution in [0.4, 0.5) is 0 Å². The van der Waals surface area contributed by atoms with Gasteiger partial charge in [0.1, 0.15) is 5.75 Å². The number of hydrogen-bond donors (Lipinski definition) is 0. The molecule has 0 aliphatic rings. The normalized spacial score (nSPS) is 10.9. The summed E-state index contributed by atoms with van der Waals surface area (Å²) in [4.78, 5) is 24.0. The lowest BCUT2D eigenvalue weighted by Crippen LogP contribution is -2.12. The zero-order valence-corrected chi connectivity index (χ0v) is 16.0. The van der Waals surface area contributed by atoms with Gasteiger partial charge in [-0.3, -0.25) is 4.79 Å². The average molecular weight is 374 g/mol. The van der Waals surface area contributed by atoms with Crippen molar-refractivity contribution in [1.82, 2.24) is 0 Å². The molecule has 0 saturated carbocycles. The van der Waals surface area contributed by atoms with Crippen LogP contribution in [-0.2, 0) is 16.0 Å². The van der Waals surface area contributed by atoms with E-state index in [9.17, 15) is 9.59 Å². The van der Waals surface area contributed by atoms with Crippen molar-refractivity contribution in [2.24, 2.45) is 0 Å². The van der Waals surface area contributed by atoms with Crippen LogP contribution in [0.15, 0.2) is 66.7 Å². The first-order valence-electron chi connectivity index (χ1n) is 9.14. The first-order chi connectivity index (χ1) is 13.6. The van der Waals surface area contributed by atoms with E-state index in [4.69, 9.17) is 9.47 Å². The summed E-state index contributed by atoms with van der Waals surface area (Å²) in [5, 5.41) is 2.10. The quantitative estimate of drug-likeness (QED) is 0.337. The van der Waals surface area contributed by atoms with Gasteiger partial charge >= 0.3 is 5.97 Å². The highest BCUT2D eigenvalue weighted by Crippen LogP contribution is 2.22. The van der Waals surface area contributed by atoms with Crippen molar-refractivity contribution < 1.29 is 19.1 Å². The van der Waals surface area contributed by atoms with E-state index in [1.807, 2.05) is 48.5 Å². The van der Waals surface area contributed by atoms with E-state index in [2.05, 4.69) is 6.92 Å². The summed E-state index contributed by atoms with van der Waals surface area (Å²) in [5.41, 5.74) is 2.57.